The van der Waals surface area contributed by atoms with Crippen molar-refractivity contribution in [2.24, 2.45) is 23.7 Å². The third kappa shape index (κ3) is 19.4. The van der Waals surface area contributed by atoms with Gasteiger partial charge >= 0.3 is 5.97 Å². The summed E-state index contributed by atoms with van der Waals surface area (Å²) in [6.07, 6.45) is 17.8. The highest BCUT2D eigenvalue weighted by Gasteiger charge is 2.39. The highest BCUT2D eigenvalue weighted by atomic mass is 16.5. The van der Waals surface area contributed by atoms with Gasteiger partial charge in [-0.3, -0.25) is 14.4 Å². The number of esters is 1. The van der Waals surface area contributed by atoms with E-state index in [-0.39, 0.29) is 18.4 Å². The first-order valence-electron chi connectivity index (χ1n) is 13.6. The summed E-state index contributed by atoms with van der Waals surface area (Å²) in [6.45, 7) is 8.43. The molecule has 7 heteroatoms. The van der Waals surface area contributed by atoms with Gasteiger partial charge in [-0.1, -0.05) is 37.6 Å². The van der Waals surface area contributed by atoms with E-state index in [0.717, 1.165) is 63.8 Å². The van der Waals surface area contributed by atoms with Crippen LogP contribution >= 0.6 is 0 Å². The van der Waals surface area contributed by atoms with Crippen LogP contribution in [-0.2, 0) is 23.9 Å². The number of allylic oxidation sites excluding steroid dienone is 4. The summed E-state index contributed by atoms with van der Waals surface area (Å²) in [5.74, 6) is 8.10. The zero-order valence-electron chi connectivity index (χ0n) is 24.3. The molecule has 2 saturated carbocycles. The Morgan fingerprint density at radius 1 is 1.18 bits per heavy atom. The van der Waals surface area contributed by atoms with E-state index in [1.54, 1.807) is 12.5 Å². The Bertz CT molecular complexity index is 797. The summed E-state index contributed by atoms with van der Waals surface area (Å²) in [4.78, 5) is 40.7. The average Bonchev–Trinajstić information content (AvgIpc) is 3.46. The van der Waals surface area contributed by atoms with Gasteiger partial charge in [-0.15, -0.1) is 11.8 Å². The van der Waals surface area contributed by atoms with Gasteiger partial charge in [0, 0.05) is 33.3 Å². The maximum Gasteiger partial charge on any atom is 0.306 e. The SMILES string of the molecule is CC#CCC(C)C/C=C/[C@H]1CC[C@@H]2C/C(=C\CCCC(=O)OCC(=O)CC)C[C@@H]21.CC(=O)O.CC=O.CO. The number of aldehydes is 1. The minimum Gasteiger partial charge on any atom is -0.481 e. The van der Waals surface area contributed by atoms with Crippen molar-refractivity contribution in [3.05, 3.63) is 23.8 Å². The number of ketones is 1. The van der Waals surface area contributed by atoms with Crippen molar-refractivity contribution in [3.63, 3.8) is 0 Å². The molecule has 7 nitrogen and oxygen atoms in total. The van der Waals surface area contributed by atoms with Gasteiger partial charge in [-0.2, -0.15) is 0 Å². The second kappa shape index (κ2) is 24.6. The number of Topliss-reactive ketones (excluding diaryl/α,β-unsaturated/α-hetero) is 1. The number of hydrogen-bond donors (Lipinski definition) is 2. The van der Waals surface area contributed by atoms with Crippen LogP contribution in [0.1, 0.15) is 98.8 Å². The predicted octanol–water partition coefficient (Wildman–Crippen LogP) is 5.94. The van der Waals surface area contributed by atoms with Crippen LogP contribution in [-0.4, -0.2) is 47.9 Å². The molecule has 0 saturated heterocycles. The first-order chi connectivity index (χ1) is 18.2. The number of ether oxygens (including phenoxy) is 1. The fourth-order valence-corrected chi connectivity index (χ4v) is 4.62. The fraction of sp³-hybridized carbons (Fsp3) is 0.677. The Balaban J connectivity index is 0. The molecule has 2 rings (SSSR count). The maximum atomic E-state index is 11.7. The van der Waals surface area contributed by atoms with Crippen molar-refractivity contribution < 1.29 is 34.1 Å². The number of carboxylic acid groups (broad SMARTS) is 1. The molecule has 0 aromatic carbocycles. The van der Waals surface area contributed by atoms with Crippen LogP contribution in [0.2, 0.25) is 0 Å². The topological polar surface area (TPSA) is 118 Å². The first-order valence-corrected chi connectivity index (χ1v) is 13.6. The number of unbranched alkanes of at least 4 members (excludes halogenated alkanes) is 1. The largest absolute Gasteiger partial charge is 0.481 e. The Morgan fingerprint density at radius 3 is 2.39 bits per heavy atom. The molecule has 2 aliphatic carbocycles. The van der Waals surface area contributed by atoms with Gasteiger partial charge in [0.25, 0.3) is 5.97 Å². The van der Waals surface area contributed by atoms with E-state index in [4.69, 9.17) is 24.5 Å². The summed E-state index contributed by atoms with van der Waals surface area (Å²) in [7, 11) is 1.00. The molecule has 0 aliphatic heterocycles. The van der Waals surface area contributed by atoms with E-state index in [0.29, 0.717) is 18.8 Å². The zero-order chi connectivity index (χ0) is 29.3. The van der Waals surface area contributed by atoms with Gasteiger partial charge in [0.2, 0.25) is 0 Å². The van der Waals surface area contributed by atoms with Gasteiger partial charge in [0.05, 0.1) is 0 Å². The Labute approximate surface area is 230 Å². The molecule has 1 unspecified atom stereocenters. The Morgan fingerprint density at radius 2 is 1.82 bits per heavy atom. The summed E-state index contributed by atoms with van der Waals surface area (Å²) < 4.78 is 4.99. The molecule has 0 spiro atoms. The average molecular weight is 535 g/mol. The molecule has 0 aromatic rings. The molecule has 2 fully saturated rings. The van der Waals surface area contributed by atoms with E-state index < -0.39 is 5.97 Å². The highest BCUT2D eigenvalue weighted by Crippen LogP contribution is 2.50. The standard InChI is InChI=1S/C26H38O3.C2H4O2.C2H4O.CH4O/c1-4-6-10-20(3)11-9-13-22-15-16-23-17-21(18-25(22)23)12-7-8-14-26(28)29-19-24(27)5-2;1-2(3)4;1-2-3;1-2/h9,12-13,20,22-23,25H,5,7-8,10-11,14-19H2,1-3H3;1H3,(H,3,4);2H,1H3;2H,1H3/b13-9+,21-12+;;;/t20?,22-,23+,25+;;;/m0.../s1. The smallest absolute Gasteiger partial charge is 0.306 e. The number of carboxylic acids is 1. The molecule has 0 heterocycles. The first kappa shape index (κ1) is 37.4. The van der Waals surface area contributed by atoms with Gasteiger partial charge in [0.1, 0.15) is 12.9 Å². The van der Waals surface area contributed by atoms with E-state index in [9.17, 15) is 9.59 Å². The summed E-state index contributed by atoms with van der Waals surface area (Å²) in [5, 5.41) is 14.4. The molecular weight excluding hydrogens is 484 g/mol. The molecule has 0 amide bonds. The van der Waals surface area contributed by atoms with Crippen LogP contribution in [0.25, 0.3) is 0 Å². The molecule has 4 atom stereocenters. The number of fused-ring (bicyclic) bond motifs is 1. The fourth-order valence-electron chi connectivity index (χ4n) is 4.62. The van der Waals surface area contributed by atoms with Crippen molar-refractivity contribution in [2.75, 3.05) is 13.7 Å². The third-order valence-electron chi connectivity index (χ3n) is 6.40. The number of aliphatic hydroxyl groups is 1. The molecule has 2 aliphatic rings. The second-order valence-corrected chi connectivity index (χ2v) is 9.54. The molecule has 0 radical (unpaired) electrons. The van der Waals surface area contributed by atoms with Crippen molar-refractivity contribution in [1.82, 2.24) is 0 Å². The van der Waals surface area contributed by atoms with Gasteiger partial charge < -0.3 is 19.7 Å². The summed E-state index contributed by atoms with van der Waals surface area (Å²) in [5.41, 5.74) is 1.58. The van der Waals surface area contributed by atoms with Crippen LogP contribution in [0.15, 0.2) is 23.8 Å². The van der Waals surface area contributed by atoms with E-state index in [1.165, 1.54) is 32.6 Å². The van der Waals surface area contributed by atoms with Gasteiger partial charge in [-0.05, 0) is 82.5 Å². The lowest BCUT2D eigenvalue weighted by Gasteiger charge is -2.14. The third-order valence-corrected chi connectivity index (χ3v) is 6.40. The monoisotopic (exact) mass is 534 g/mol. The summed E-state index contributed by atoms with van der Waals surface area (Å²) in [6, 6.07) is 0. The lowest BCUT2D eigenvalue weighted by Crippen LogP contribution is -2.12. The van der Waals surface area contributed by atoms with Crippen molar-refractivity contribution in [2.45, 2.75) is 98.8 Å². The van der Waals surface area contributed by atoms with Crippen molar-refractivity contribution in [3.8, 4) is 11.8 Å². The van der Waals surface area contributed by atoms with E-state index in [2.05, 4.69) is 37.0 Å². The molecule has 38 heavy (non-hydrogen) atoms. The van der Waals surface area contributed by atoms with Crippen LogP contribution < -0.4 is 0 Å². The van der Waals surface area contributed by atoms with Crippen LogP contribution in [0.5, 0.6) is 0 Å². The molecule has 0 aromatic heterocycles. The van der Waals surface area contributed by atoms with Gasteiger partial charge in [0.15, 0.2) is 5.78 Å². The van der Waals surface area contributed by atoms with Crippen molar-refractivity contribution in [1.29, 1.82) is 0 Å². The minimum atomic E-state index is -0.833. The number of carbonyl (C=O) groups is 4. The maximum absolute atomic E-state index is 11.7. The number of rotatable bonds is 11. The van der Waals surface area contributed by atoms with Crippen LogP contribution in [0.3, 0.4) is 0 Å². The van der Waals surface area contributed by atoms with E-state index >= 15 is 0 Å². The van der Waals surface area contributed by atoms with Crippen LogP contribution in [0.4, 0.5) is 0 Å². The van der Waals surface area contributed by atoms with Crippen molar-refractivity contribution >= 4 is 24.0 Å². The molecule has 2 N–H and O–H groups in total. The zero-order valence-corrected chi connectivity index (χ0v) is 24.3. The molecular formula is C31H50O7. The van der Waals surface area contributed by atoms with Gasteiger partial charge in [-0.25, -0.2) is 0 Å². The summed E-state index contributed by atoms with van der Waals surface area (Å²) >= 11 is 0. The second-order valence-electron chi connectivity index (χ2n) is 9.54. The minimum absolute atomic E-state index is 0.0225. The molecule has 216 valence electrons. The van der Waals surface area contributed by atoms with Crippen LogP contribution in [0, 0.1) is 35.5 Å². The quantitative estimate of drug-likeness (QED) is 0.111. The Kier molecular flexibility index (Phi) is 24.2. The number of hydrogen-bond acceptors (Lipinski definition) is 6. The lowest BCUT2D eigenvalue weighted by molar-refractivity contribution is -0.148. The normalized spacial score (nSPS) is 20.7. The molecule has 0 bridgehead atoms. The number of aliphatic hydroxyl groups excluding tert-OH is 1. The lowest BCUT2D eigenvalue weighted by atomic mass is 9.91. The predicted molar refractivity (Wildman–Crippen MR) is 151 cm³/mol. The highest BCUT2D eigenvalue weighted by molar-refractivity contribution is 5.82. The Hall–Kier alpha value is -2.72. The van der Waals surface area contributed by atoms with E-state index in [1.807, 2.05) is 6.92 Å². The number of aliphatic carboxylic acids is 1. The number of carbonyl (C=O) groups excluding carboxylic acids is 3.